The normalized spacial score (nSPS) is 17.4. The van der Waals surface area contributed by atoms with Gasteiger partial charge in [0.05, 0.1) is 19.3 Å². The van der Waals surface area contributed by atoms with Crippen molar-refractivity contribution < 1.29 is 4.74 Å². The summed E-state index contributed by atoms with van der Waals surface area (Å²) in [5.74, 6) is 0. The Balaban J connectivity index is 2.08. The molecule has 0 radical (unpaired) electrons. The molecular formula is C16H22N2O. The Morgan fingerprint density at radius 3 is 2.47 bits per heavy atom. The molecule has 0 amide bonds. The minimum Gasteiger partial charge on any atom is -0.383 e. The van der Waals surface area contributed by atoms with E-state index in [1.165, 1.54) is 11.1 Å². The second-order valence-electron chi connectivity index (χ2n) is 6.52. The van der Waals surface area contributed by atoms with Crippen LogP contribution < -0.4 is 5.32 Å². The molecule has 1 aliphatic rings. The Morgan fingerprint density at radius 2 is 2.05 bits per heavy atom. The van der Waals surface area contributed by atoms with E-state index in [2.05, 4.69) is 57.3 Å². The molecule has 1 aromatic carbocycles. The number of hydrogen-bond donors (Lipinski definition) is 1. The van der Waals surface area contributed by atoms with Gasteiger partial charge < -0.3 is 10.1 Å². The van der Waals surface area contributed by atoms with Gasteiger partial charge in [-0.1, -0.05) is 32.9 Å². The number of nitrogens with one attached hydrogen (secondary N) is 1. The van der Waals surface area contributed by atoms with E-state index < -0.39 is 0 Å². The van der Waals surface area contributed by atoms with Crippen LogP contribution in [0.3, 0.4) is 0 Å². The van der Waals surface area contributed by atoms with Gasteiger partial charge in [0.25, 0.3) is 0 Å². The second-order valence-corrected chi connectivity index (χ2v) is 6.52. The molecule has 1 saturated heterocycles. The van der Waals surface area contributed by atoms with Gasteiger partial charge in [0.15, 0.2) is 0 Å². The Labute approximate surface area is 115 Å². The van der Waals surface area contributed by atoms with Crippen LogP contribution in [0.1, 0.15) is 31.9 Å². The first-order valence-electron chi connectivity index (χ1n) is 6.70. The molecule has 1 heterocycles. The molecule has 0 spiro atoms. The number of rotatable bonds is 3. The molecule has 1 fully saturated rings. The summed E-state index contributed by atoms with van der Waals surface area (Å²) in [5.41, 5.74) is 3.49. The SMILES string of the molecule is Cc1cc(C(C)(C)C)ccc1NCC1(C#N)COC1. The summed E-state index contributed by atoms with van der Waals surface area (Å²) in [4.78, 5) is 0. The van der Waals surface area contributed by atoms with Gasteiger partial charge >= 0.3 is 0 Å². The van der Waals surface area contributed by atoms with Crippen molar-refractivity contribution in [2.75, 3.05) is 25.1 Å². The summed E-state index contributed by atoms with van der Waals surface area (Å²) < 4.78 is 5.15. The number of nitriles is 1. The molecular weight excluding hydrogens is 236 g/mol. The molecule has 0 unspecified atom stereocenters. The maximum atomic E-state index is 9.16. The summed E-state index contributed by atoms with van der Waals surface area (Å²) in [6.45, 7) is 10.5. The lowest BCUT2D eigenvalue weighted by molar-refractivity contribution is -0.0690. The van der Waals surface area contributed by atoms with Gasteiger partial charge in [-0.05, 0) is 29.5 Å². The van der Waals surface area contributed by atoms with Gasteiger partial charge in [-0.2, -0.15) is 5.26 Å². The van der Waals surface area contributed by atoms with E-state index >= 15 is 0 Å². The summed E-state index contributed by atoms with van der Waals surface area (Å²) in [6.07, 6.45) is 0. The van der Waals surface area contributed by atoms with Crippen molar-refractivity contribution in [3.63, 3.8) is 0 Å². The minimum absolute atomic E-state index is 0.166. The second kappa shape index (κ2) is 4.86. The van der Waals surface area contributed by atoms with Gasteiger partial charge in [0.2, 0.25) is 0 Å². The molecule has 1 aromatic rings. The first-order chi connectivity index (χ1) is 8.86. The molecule has 1 N–H and O–H groups in total. The molecule has 3 nitrogen and oxygen atoms in total. The lowest BCUT2D eigenvalue weighted by atomic mass is 9.85. The third kappa shape index (κ3) is 2.90. The van der Waals surface area contributed by atoms with Crippen LogP contribution >= 0.6 is 0 Å². The molecule has 2 rings (SSSR count). The molecule has 0 saturated carbocycles. The van der Waals surface area contributed by atoms with Crippen LogP contribution in [0.25, 0.3) is 0 Å². The van der Waals surface area contributed by atoms with Crippen LogP contribution in [0.5, 0.6) is 0 Å². The van der Waals surface area contributed by atoms with Crippen LogP contribution in [-0.2, 0) is 10.2 Å². The molecule has 0 aliphatic carbocycles. The zero-order valence-electron chi connectivity index (χ0n) is 12.2. The van der Waals surface area contributed by atoms with E-state index in [1.54, 1.807) is 0 Å². The molecule has 3 heteroatoms. The van der Waals surface area contributed by atoms with Gasteiger partial charge in [0.1, 0.15) is 5.41 Å². The monoisotopic (exact) mass is 258 g/mol. The predicted molar refractivity (Wildman–Crippen MR) is 77.2 cm³/mol. The minimum atomic E-state index is -0.338. The largest absolute Gasteiger partial charge is 0.383 e. The summed E-state index contributed by atoms with van der Waals surface area (Å²) in [6, 6.07) is 8.84. The highest BCUT2D eigenvalue weighted by molar-refractivity contribution is 5.53. The standard InChI is InChI=1S/C16H22N2O/c1-12-7-13(15(2,3)4)5-6-14(12)18-9-16(8-17)10-19-11-16/h5-7,18H,9-11H2,1-4H3. The topological polar surface area (TPSA) is 45.0 Å². The van der Waals surface area contributed by atoms with Gasteiger partial charge in [-0.3, -0.25) is 0 Å². The highest BCUT2D eigenvalue weighted by Crippen LogP contribution is 2.29. The first-order valence-corrected chi connectivity index (χ1v) is 6.70. The average molecular weight is 258 g/mol. The van der Waals surface area contributed by atoms with Gasteiger partial charge in [-0.15, -0.1) is 0 Å². The lowest BCUT2D eigenvalue weighted by Gasteiger charge is -2.35. The van der Waals surface area contributed by atoms with Crippen LogP contribution in [0.2, 0.25) is 0 Å². The third-order valence-electron chi connectivity index (χ3n) is 3.70. The Kier molecular flexibility index (Phi) is 3.56. The average Bonchev–Trinajstić information content (AvgIpc) is 2.28. The summed E-state index contributed by atoms with van der Waals surface area (Å²) in [5, 5.41) is 12.5. The lowest BCUT2D eigenvalue weighted by Crippen LogP contribution is -2.46. The molecule has 0 aromatic heterocycles. The maximum Gasteiger partial charge on any atom is 0.121 e. The van der Waals surface area contributed by atoms with Gasteiger partial charge in [0, 0.05) is 12.2 Å². The van der Waals surface area contributed by atoms with E-state index in [0.29, 0.717) is 19.8 Å². The predicted octanol–water partition coefficient (Wildman–Crippen LogP) is 3.24. The van der Waals surface area contributed by atoms with E-state index in [4.69, 9.17) is 10.00 Å². The van der Waals surface area contributed by atoms with Crippen molar-refractivity contribution in [1.82, 2.24) is 0 Å². The smallest absolute Gasteiger partial charge is 0.121 e. The van der Waals surface area contributed by atoms with Crippen molar-refractivity contribution >= 4 is 5.69 Å². The number of hydrogen-bond acceptors (Lipinski definition) is 3. The Bertz CT molecular complexity index is 504. The van der Waals surface area contributed by atoms with E-state index in [0.717, 1.165) is 5.69 Å². The number of ether oxygens (including phenoxy) is 1. The maximum absolute atomic E-state index is 9.16. The zero-order valence-corrected chi connectivity index (χ0v) is 12.2. The fourth-order valence-corrected chi connectivity index (χ4v) is 2.15. The van der Waals surface area contributed by atoms with Crippen molar-refractivity contribution in [2.24, 2.45) is 5.41 Å². The summed E-state index contributed by atoms with van der Waals surface area (Å²) >= 11 is 0. The third-order valence-corrected chi connectivity index (χ3v) is 3.70. The van der Waals surface area contributed by atoms with Crippen molar-refractivity contribution in [2.45, 2.75) is 33.1 Å². The number of aryl methyl sites for hydroxylation is 1. The van der Waals surface area contributed by atoms with E-state index in [-0.39, 0.29) is 10.8 Å². The quantitative estimate of drug-likeness (QED) is 0.905. The Morgan fingerprint density at radius 1 is 1.37 bits per heavy atom. The molecule has 19 heavy (non-hydrogen) atoms. The number of benzene rings is 1. The van der Waals surface area contributed by atoms with Crippen molar-refractivity contribution in [3.8, 4) is 6.07 Å². The zero-order chi connectivity index (χ0) is 14.1. The number of anilines is 1. The van der Waals surface area contributed by atoms with Crippen molar-refractivity contribution in [1.29, 1.82) is 5.26 Å². The van der Waals surface area contributed by atoms with Crippen molar-refractivity contribution in [3.05, 3.63) is 29.3 Å². The first kappa shape index (κ1) is 13.9. The highest BCUT2D eigenvalue weighted by atomic mass is 16.5. The molecule has 102 valence electrons. The number of nitrogens with zero attached hydrogens (tertiary/aromatic N) is 1. The molecule has 0 bridgehead atoms. The van der Waals surface area contributed by atoms with Gasteiger partial charge in [-0.25, -0.2) is 0 Å². The van der Waals surface area contributed by atoms with Crippen LogP contribution in [-0.4, -0.2) is 19.8 Å². The van der Waals surface area contributed by atoms with E-state index in [1.807, 2.05) is 0 Å². The fraction of sp³-hybridized carbons (Fsp3) is 0.562. The van der Waals surface area contributed by atoms with Crippen LogP contribution in [0.15, 0.2) is 18.2 Å². The van der Waals surface area contributed by atoms with Crippen LogP contribution in [0.4, 0.5) is 5.69 Å². The Hall–Kier alpha value is -1.53. The van der Waals surface area contributed by atoms with Crippen LogP contribution in [0, 0.1) is 23.7 Å². The molecule has 0 atom stereocenters. The highest BCUT2D eigenvalue weighted by Gasteiger charge is 2.38. The van der Waals surface area contributed by atoms with E-state index in [9.17, 15) is 0 Å². The fourth-order valence-electron chi connectivity index (χ4n) is 2.15. The molecule has 1 aliphatic heterocycles. The summed E-state index contributed by atoms with van der Waals surface area (Å²) in [7, 11) is 0.